The van der Waals surface area contributed by atoms with Crippen molar-refractivity contribution in [3.05, 3.63) is 53.9 Å². The van der Waals surface area contributed by atoms with Gasteiger partial charge in [0.25, 0.3) is 5.91 Å². The van der Waals surface area contributed by atoms with E-state index in [-0.39, 0.29) is 5.91 Å². The Morgan fingerprint density at radius 2 is 1.95 bits per heavy atom. The first-order valence-corrected chi connectivity index (χ1v) is 7.12. The van der Waals surface area contributed by atoms with Crippen molar-refractivity contribution in [2.75, 3.05) is 11.9 Å². The fourth-order valence-corrected chi connectivity index (χ4v) is 1.91. The van der Waals surface area contributed by atoms with E-state index in [0.29, 0.717) is 18.2 Å². The summed E-state index contributed by atoms with van der Waals surface area (Å²) in [5.41, 5.74) is 3.46. The number of hydrogen-bond acceptors (Lipinski definition) is 3. The van der Waals surface area contributed by atoms with Gasteiger partial charge in [-0.2, -0.15) is 0 Å². The number of hydrogen-bond donors (Lipinski definition) is 2. The highest BCUT2D eigenvalue weighted by molar-refractivity contribution is 5.93. The van der Waals surface area contributed by atoms with E-state index in [1.165, 1.54) is 5.56 Å². The van der Waals surface area contributed by atoms with E-state index in [2.05, 4.69) is 35.5 Å². The Labute approximate surface area is 125 Å². The molecule has 1 aromatic heterocycles. The summed E-state index contributed by atoms with van der Waals surface area (Å²) in [6.07, 6.45) is 1.64. The predicted molar refractivity (Wildman–Crippen MR) is 85.9 cm³/mol. The number of pyridine rings is 1. The third-order valence-electron chi connectivity index (χ3n) is 2.97. The largest absolute Gasteiger partial charge is 0.355 e. The average molecular weight is 283 g/mol. The van der Waals surface area contributed by atoms with E-state index in [0.717, 1.165) is 11.4 Å². The van der Waals surface area contributed by atoms with Gasteiger partial charge in [-0.15, -0.1) is 0 Å². The second-order valence-corrected chi connectivity index (χ2v) is 5.53. The first kappa shape index (κ1) is 15.0. The standard InChI is InChI=1S/C17H21N3O/c1-12(2)11-19-17(21)16-10-15(7-8-18-16)20-14-6-4-5-13(3)9-14/h4-10,12H,11H2,1-3H3,(H,18,20)(H,19,21). The maximum absolute atomic E-state index is 12.0. The quantitative estimate of drug-likeness (QED) is 0.882. The first-order chi connectivity index (χ1) is 10.0. The van der Waals surface area contributed by atoms with E-state index >= 15 is 0 Å². The molecule has 1 amide bonds. The molecule has 2 N–H and O–H groups in total. The summed E-state index contributed by atoms with van der Waals surface area (Å²) in [5, 5.41) is 6.15. The molecule has 0 bridgehead atoms. The molecule has 1 heterocycles. The summed E-state index contributed by atoms with van der Waals surface area (Å²) in [6, 6.07) is 11.7. The summed E-state index contributed by atoms with van der Waals surface area (Å²) in [7, 11) is 0. The number of nitrogens with one attached hydrogen (secondary N) is 2. The normalized spacial score (nSPS) is 10.5. The van der Waals surface area contributed by atoms with E-state index in [9.17, 15) is 4.79 Å². The van der Waals surface area contributed by atoms with E-state index < -0.39 is 0 Å². The van der Waals surface area contributed by atoms with Crippen molar-refractivity contribution in [2.24, 2.45) is 5.92 Å². The molecule has 0 aliphatic carbocycles. The molecule has 110 valence electrons. The summed E-state index contributed by atoms with van der Waals surface area (Å²) >= 11 is 0. The van der Waals surface area contributed by atoms with Gasteiger partial charge in [0.2, 0.25) is 0 Å². The van der Waals surface area contributed by atoms with Crippen LogP contribution in [0.15, 0.2) is 42.6 Å². The first-order valence-electron chi connectivity index (χ1n) is 7.12. The fourth-order valence-electron chi connectivity index (χ4n) is 1.91. The lowest BCUT2D eigenvalue weighted by Gasteiger charge is -2.10. The van der Waals surface area contributed by atoms with Crippen LogP contribution in [0.25, 0.3) is 0 Å². The second kappa shape index (κ2) is 6.88. The predicted octanol–water partition coefficient (Wildman–Crippen LogP) is 3.52. The molecule has 4 heteroatoms. The molecule has 2 aromatic rings. The lowest BCUT2D eigenvalue weighted by atomic mass is 10.2. The van der Waals surface area contributed by atoms with Crippen LogP contribution in [0.1, 0.15) is 29.9 Å². The maximum atomic E-state index is 12.0. The zero-order valence-corrected chi connectivity index (χ0v) is 12.7. The number of rotatable bonds is 5. The molecular weight excluding hydrogens is 262 g/mol. The number of carbonyl (C=O) groups excluding carboxylic acids is 1. The van der Waals surface area contributed by atoms with Gasteiger partial charge in [0.05, 0.1) is 0 Å². The lowest BCUT2D eigenvalue weighted by Crippen LogP contribution is -2.28. The Kier molecular flexibility index (Phi) is 4.93. The molecule has 0 unspecified atom stereocenters. The molecule has 0 aliphatic rings. The highest BCUT2D eigenvalue weighted by Gasteiger charge is 2.08. The van der Waals surface area contributed by atoms with Crippen molar-refractivity contribution in [1.29, 1.82) is 0 Å². The zero-order chi connectivity index (χ0) is 15.2. The second-order valence-electron chi connectivity index (χ2n) is 5.53. The lowest BCUT2D eigenvalue weighted by molar-refractivity contribution is 0.0944. The number of carbonyl (C=O) groups is 1. The van der Waals surface area contributed by atoms with Crippen LogP contribution in [0.3, 0.4) is 0 Å². The maximum Gasteiger partial charge on any atom is 0.269 e. The minimum Gasteiger partial charge on any atom is -0.355 e. The van der Waals surface area contributed by atoms with Gasteiger partial charge in [0, 0.05) is 24.1 Å². The number of aryl methyl sites for hydroxylation is 1. The van der Waals surface area contributed by atoms with Gasteiger partial charge in [0.1, 0.15) is 5.69 Å². The van der Waals surface area contributed by atoms with Gasteiger partial charge in [-0.3, -0.25) is 9.78 Å². The van der Waals surface area contributed by atoms with Crippen LogP contribution < -0.4 is 10.6 Å². The number of nitrogens with zero attached hydrogens (tertiary/aromatic N) is 1. The Bertz CT molecular complexity index is 623. The molecule has 0 atom stereocenters. The van der Waals surface area contributed by atoms with Crippen molar-refractivity contribution in [3.63, 3.8) is 0 Å². The molecule has 4 nitrogen and oxygen atoms in total. The highest BCUT2D eigenvalue weighted by Crippen LogP contribution is 2.17. The molecule has 1 aromatic carbocycles. The molecule has 2 rings (SSSR count). The molecule has 21 heavy (non-hydrogen) atoms. The van der Waals surface area contributed by atoms with Crippen LogP contribution in [-0.2, 0) is 0 Å². The van der Waals surface area contributed by atoms with Gasteiger partial charge in [-0.05, 0) is 42.7 Å². The minimum absolute atomic E-state index is 0.142. The summed E-state index contributed by atoms with van der Waals surface area (Å²) < 4.78 is 0. The molecule has 0 radical (unpaired) electrons. The van der Waals surface area contributed by atoms with Crippen LogP contribution >= 0.6 is 0 Å². The highest BCUT2D eigenvalue weighted by atomic mass is 16.1. The average Bonchev–Trinajstić information content (AvgIpc) is 2.45. The Hall–Kier alpha value is -2.36. The van der Waals surface area contributed by atoms with Crippen LogP contribution in [0, 0.1) is 12.8 Å². The number of benzene rings is 1. The van der Waals surface area contributed by atoms with Gasteiger partial charge in [0.15, 0.2) is 0 Å². The Morgan fingerprint density at radius 3 is 2.67 bits per heavy atom. The summed E-state index contributed by atoms with van der Waals surface area (Å²) in [6.45, 7) is 6.81. The third-order valence-corrected chi connectivity index (χ3v) is 2.97. The van der Waals surface area contributed by atoms with Gasteiger partial charge >= 0.3 is 0 Å². The molecule has 0 aliphatic heterocycles. The van der Waals surface area contributed by atoms with Gasteiger partial charge < -0.3 is 10.6 Å². The van der Waals surface area contributed by atoms with Crippen LogP contribution in [0.4, 0.5) is 11.4 Å². The van der Waals surface area contributed by atoms with Crippen molar-refractivity contribution < 1.29 is 4.79 Å². The van der Waals surface area contributed by atoms with Crippen molar-refractivity contribution in [3.8, 4) is 0 Å². The van der Waals surface area contributed by atoms with Crippen molar-refractivity contribution >= 4 is 17.3 Å². The van der Waals surface area contributed by atoms with Crippen LogP contribution in [0.5, 0.6) is 0 Å². The Balaban J connectivity index is 2.08. The summed E-state index contributed by atoms with van der Waals surface area (Å²) in [5.74, 6) is 0.277. The summed E-state index contributed by atoms with van der Waals surface area (Å²) in [4.78, 5) is 16.1. The van der Waals surface area contributed by atoms with E-state index in [1.807, 2.05) is 31.2 Å². The third kappa shape index (κ3) is 4.60. The number of anilines is 2. The van der Waals surface area contributed by atoms with Crippen molar-refractivity contribution in [1.82, 2.24) is 10.3 Å². The number of aromatic nitrogens is 1. The molecule has 0 saturated heterocycles. The zero-order valence-electron chi connectivity index (χ0n) is 12.7. The van der Waals surface area contributed by atoms with Crippen LogP contribution in [-0.4, -0.2) is 17.4 Å². The van der Waals surface area contributed by atoms with Crippen LogP contribution in [0.2, 0.25) is 0 Å². The SMILES string of the molecule is Cc1cccc(Nc2ccnc(C(=O)NCC(C)C)c2)c1. The number of amides is 1. The molecule has 0 fully saturated rings. The van der Waals surface area contributed by atoms with Gasteiger partial charge in [-0.25, -0.2) is 0 Å². The molecular formula is C17H21N3O. The van der Waals surface area contributed by atoms with Crippen molar-refractivity contribution in [2.45, 2.75) is 20.8 Å². The molecule has 0 saturated carbocycles. The molecule has 0 spiro atoms. The van der Waals surface area contributed by atoms with E-state index in [4.69, 9.17) is 0 Å². The van der Waals surface area contributed by atoms with E-state index in [1.54, 1.807) is 12.3 Å². The minimum atomic E-state index is -0.142. The smallest absolute Gasteiger partial charge is 0.269 e. The Morgan fingerprint density at radius 1 is 1.19 bits per heavy atom. The topological polar surface area (TPSA) is 54.0 Å². The van der Waals surface area contributed by atoms with Gasteiger partial charge in [-0.1, -0.05) is 26.0 Å². The fraction of sp³-hybridized carbons (Fsp3) is 0.294. The monoisotopic (exact) mass is 283 g/mol.